The highest BCUT2D eigenvalue weighted by atomic mass is 32.1. The third-order valence-electron chi connectivity index (χ3n) is 2.77. The molecule has 0 aliphatic heterocycles. The van der Waals surface area contributed by atoms with Crippen LogP contribution in [0.1, 0.15) is 22.7 Å². The Hall–Kier alpha value is -1.82. The molecule has 17 heavy (non-hydrogen) atoms. The molecule has 0 saturated heterocycles. The highest BCUT2D eigenvalue weighted by Gasteiger charge is 2.21. The first-order chi connectivity index (χ1) is 8.16. The van der Waals surface area contributed by atoms with Crippen molar-refractivity contribution in [3.05, 3.63) is 22.3 Å². The van der Waals surface area contributed by atoms with E-state index >= 15 is 0 Å². The number of rotatable bonds is 2. The summed E-state index contributed by atoms with van der Waals surface area (Å²) in [5.74, 6) is -0.943. The highest BCUT2D eigenvalue weighted by molar-refractivity contribution is 7.17. The summed E-state index contributed by atoms with van der Waals surface area (Å²) in [6.45, 7) is 0. The van der Waals surface area contributed by atoms with Gasteiger partial charge in [0, 0.05) is 0 Å². The van der Waals surface area contributed by atoms with Gasteiger partial charge in [0.15, 0.2) is 4.96 Å². The minimum Gasteiger partial charge on any atom is -0.493 e. The lowest BCUT2D eigenvalue weighted by molar-refractivity contribution is -0.136. The number of aliphatic carboxylic acids is 1. The zero-order valence-electron chi connectivity index (χ0n) is 8.88. The Bertz CT molecular complexity index is 639. The van der Waals surface area contributed by atoms with Gasteiger partial charge in [0.1, 0.15) is 0 Å². The molecule has 2 aromatic rings. The molecule has 0 aromatic carbocycles. The summed E-state index contributed by atoms with van der Waals surface area (Å²) in [5, 5.41) is 18.8. The SMILES string of the molecule is O=C(O)Cc1sc2nc3c(n2c1O)C=CCC3. The lowest BCUT2D eigenvalue weighted by Crippen LogP contribution is -1.99. The lowest BCUT2D eigenvalue weighted by atomic mass is 10.1. The normalized spacial score (nSPS) is 14.1. The third kappa shape index (κ3) is 1.52. The molecule has 0 unspecified atom stereocenters. The number of carboxylic acids is 1. The van der Waals surface area contributed by atoms with Gasteiger partial charge in [-0.2, -0.15) is 0 Å². The Balaban J connectivity index is 2.20. The first-order valence-corrected chi connectivity index (χ1v) is 6.09. The molecule has 5 nitrogen and oxygen atoms in total. The molecule has 6 heteroatoms. The van der Waals surface area contributed by atoms with Crippen molar-refractivity contribution in [3.8, 4) is 5.88 Å². The van der Waals surface area contributed by atoms with Crippen molar-refractivity contribution in [2.24, 2.45) is 0 Å². The van der Waals surface area contributed by atoms with Crippen molar-refractivity contribution < 1.29 is 15.0 Å². The largest absolute Gasteiger partial charge is 0.493 e. The van der Waals surface area contributed by atoms with Crippen LogP contribution < -0.4 is 0 Å². The van der Waals surface area contributed by atoms with Crippen molar-refractivity contribution >= 4 is 28.3 Å². The quantitative estimate of drug-likeness (QED) is 0.850. The van der Waals surface area contributed by atoms with Crippen LogP contribution in [0.5, 0.6) is 5.88 Å². The molecule has 0 radical (unpaired) electrons. The highest BCUT2D eigenvalue weighted by Crippen LogP contribution is 2.33. The number of aryl methyl sites for hydroxylation is 1. The summed E-state index contributed by atoms with van der Waals surface area (Å²) in [7, 11) is 0. The van der Waals surface area contributed by atoms with E-state index in [4.69, 9.17) is 5.11 Å². The van der Waals surface area contributed by atoms with Gasteiger partial charge in [-0.05, 0) is 18.9 Å². The van der Waals surface area contributed by atoms with Gasteiger partial charge in [-0.1, -0.05) is 17.4 Å². The Kier molecular flexibility index (Phi) is 2.19. The average molecular weight is 250 g/mol. The van der Waals surface area contributed by atoms with Gasteiger partial charge in [0.2, 0.25) is 5.88 Å². The molecule has 1 aliphatic rings. The van der Waals surface area contributed by atoms with Gasteiger partial charge in [-0.3, -0.25) is 9.20 Å². The Morgan fingerprint density at radius 1 is 1.59 bits per heavy atom. The second-order valence-electron chi connectivity index (χ2n) is 3.92. The van der Waals surface area contributed by atoms with Gasteiger partial charge in [0.05, 0.1) is 22.7 Å². The average Bonchev–Trinajstić information content (AvgIpc) is 2.76. The van der Waals surface area contributed by atoms with Gasteiger partial charge >= 0.3 is 5.97 Å². The van der Waals surface area contributed by atoms with E-state index in [9.17, 15) is 9.90 Å². The number of allylic oxidation sites excluding steroid dienone is 1. The summed E-state index contributed by atoms with van der Waals surface area (Å²) in [6.07, 6.45) is 5.62. The van der Waals surface area contributed by atoms with E-state index in [1.54, 1.807) is 4.40 Å². The fourth-order valence-electron chi connectivity index (χ4n) is 2.03. The number of hydrogen-bond acceptors (Lipinski definition) is 4. The molecule has 0 atom stereocenters. The monoisotopic (exact) mass is 250 g/mol. The minimum atomic E-state index is -0.950. The molecule has 0 spiro atoms. The van der Waals surface area contributed by atoms with Crippen LogP contribution in [0.3, 0.4) is 0 Å². The zero-order valence-corrected chi connectivity index (χ0v) is 9.70. The summed E-state index contributed by atoms with van der Waals surface area (Å²) in [5.41, 5.74) is 1.84. The predicted octanol–water partition coefficient (Wildman–Crippen LogP) is 1.69. The standard InChI is InChI=1S/C11H10N2O3S/c14-9(15)5-8-10(16)13-7-4-2-1-3-6(7)12-11(13)17-8/h2,4,16H,1,3,5H2,(H,14,15). The lowest BCUT2D eigenvalue weighted by Gasteiger charge is -2.04. The van der Waals surface area contributed by atoms with E-state index in [1.165, 1.54) is 11.3 Å². The summed E-state index contributed by atoms with van der Waals surface area (Å²) in [4.78, 5) is 16.2. The van der Waals surface area contributed by atoms with Crippen LogP contribution in [0.25, 0.3) is 11.0 Å². The van der Waals surface area contributed by atoms with Crippen LogP contribution in [-0.2, 0) is 17.6 Å². The maximum absolute atomic E-state index is 10.7. The molecule has 2 heterocycles. The van der Waals surface area contributed by atoms with Gasteiger partial charge in [-0.15, -0.1) is 0 Å². The molecule has 88 valence electrons. The second-order valence-corrected chi connectivity index (χ2v) is 4.98. The first-order valence-electron chi connectivity index (χ1n) is 5.27. The number of aromatic hydroxyl groups is 1. The summed E-state index contributed by atoms with van der Waals surface area (Å²) < 4.78 is 1.63. The third-order valence-corrected chi connectivity index (χ3v) is 3.80. The number of hydrogen-bond donors (Lipinski definition) is 2. The Morgan fingerprint density at radius 2 is 2.41 bits per heavy atom. The molecule has 2 aromatic heterocycles. The van der Waals surface area contributed by atoms with E-state index in [0.717, 1.165) is 24.2 Å². The maximum atomic E-state index is 10.7. The van der Waals surface area contributed by atoms with Crippen LogP contribution in [-0.4, -0.2) is 25.6 Å². The minimum absolute atomic E-state index is 0.00713. The van der Waals surface area contributed by atoms with Crippen LogP contribution >= 0.6 is 11.3 Å². The van der Waals surface area contributed by atoms with E-state index < -0.39 is 5.97 Å². The van der Waals surface area contributed by atoms with Crippen LogP contribution in [0.4, 0.5) is 0 Å². The molecule has 1 aliphatic carbocycles. The number of carboxylic acid groups (broad SMARTS) is 1. The van der Waals surface area contributed by atoms with Crippen LogP contribution in [0, 0.1) is 0 Å². The molecule has 0 amide bonds. The van der Waals surface area contributed by atoms with Gasteiger partial charge < -0.3 is 10.2 Å². The van der Waals surface area contributed by atoms with Crippen molar-refractivity contribution in [1.29, 1.82) is 0 Å². The Labute approximate surface area is 101 Å². The van der Waals surface area contributed by atoms with Crippen molar-refractivity contribution in [3.63, 3.8) is 0 Å². The Morgan fingerprint density at radius 3 is 3.18 bits per heavy atom. The van der Waals surface area contributed by atoms with Crippen molar-refractivity contribution in [2.45, 2.75) is 19.3 Å². The zero-order chi connectivity index (χ0) is 12.0. The number of imidazole rings is 1. The van der Waals surface area contributed by atoms with Crippen molar-refractivity contribution in [1.82, 2.24) is 9.38 Å². The smallest absolute Gasteiger partial charge is 0.308 e. The van der Waals surface area contributed by atoms with E-state index in [0.29, 0.717) is 9.84 Å². The van der Waals surface area contributed by atoms with E-state index in [1.807, 2.05) is 12.2 Å². The molecule has 2 N–H and O–H groups in total. The van der Waals surface area contributed by atoms with E-state index in [-0.39, 0.29) is 12.3 Å². The number of nitrogens with zero attached hydrogens (tertiary/aromatic N) is 2. The second kappa shape index (κ2) is 3.59. The first kappa shape index (κ1) is 10.3. The fraction of sp³-hybridized carbons (Fsp3) is 0.273. The van der Waals surface area contributed by atoms with Gasteiger partial charge in [0.25, 0.3) is 0 Å². The van der Waals surface area contributed by atoms with Gasteiger partial charge in [-0.25, -0.2) is 4.98 Å². The van der Waals surface area contributed by atoms with Crippen molar-refractivity contribution in [2.75, 3.05) is 0 Å². The summed E-state index contributed by atoms with van der Waals surface area (Å²) >= 11 is 1.23. The van der Waals surface area contributed by atoms with E-state index in [2.05, 4.69) is 4.98 Å². The number of carbonyl (C=O) groups is 1. The number of aromatic nitrogens is 2. The molecular formula is C11H10N2O3S. The topological polar surface area (TPSA) is 74.8 Å². The molecule has 0 bridgehead atoms. The van der Waals surface area contributed by atoms with Crippen LogP contribution in [0.2, 0.25) is 0 Å². The molecule has 3 rings (SSSR count). The molecule has 0 saturated carbocycles. The maximum Gasteiger partial charge on any atom is 0.308 e. The molecular weight excluding hydrogens is 240 g/mol. The predicted molar refractivity (Wildman–Crippen MR) is 63.4 cm³/mol. The number of fused-ring (bicyclic) bond motifs is 3. The fourth-order valence-corrected chi connectivity index (χ4v) is 3.06. The summed E-state index contributed by atoms with van der Waals surface area (Å²) in [6, 6.07) is 0. The molecule has 0 fully saturated rings. The number of thiazole rings is 1. The van der Waals surface area contributed by atoms with Crippen LogP contribution in [0.15, 0.2) is 6.08 Å².